The van der Waals surface area contributed by atoms with Crippen LogP contribution in [0.1, 0.15) is 64.1 Å². The van der Waals surface area contributed by atoms with Crippen molar-refractivity contribution in [1.29, 1.82) is 5.26 Å². The number of rotatable bonds is 8. The monoisotopic (exact) mass is 518 g/mol. The van der Waals surface area contributed by atoms with Gasteiger partial charge in [0.2, 0.25) is 0 Å². The maximum absolute atomic E-state index is 13.2. The van der Waals surface area contributed by atoms with Crippen molar-refractivity contribution < 1.29 is 9.84 Å². The number of aliphatic hydroxyl groups is 1. The minimum Gasteiger partial charge on any atom is -0.496 e. The van der Waals surface area contributed by atoms with Crippen molar-refractivity contribution in [1.82, 2.24) is 4.90 Å². The topological polar surface area (TPSA) is 56.5 Å². The zero-order chi connectivity index (χ0) is 27.6. The fourth-order valence-corrected chi connectivity index (χ4v) is 6.34. The zero-order valence-corrected chi connectivity index (χ0v) is 23.5. The maximum atomic E-state index is 13.2. The van der Waals surface area contributed by atoms with E-state index in [0.29, 0.717) is 12.0 Å². The molecule has 0 radical (unpaired) electrons. The lowest BCUT2D eigenvalue weighted by Crippen LogP contribution is -2.39. The third kappa shape index (κ3) is 5.30. The van der Waals surface area contributed by atoms with E-state index in [9.17, 15) is 10.4 Å². The quantitative estimate of drug-likeness (QED) is 0.276. The van der Waals surface area contributed by atoms with Gasteiger partial charge in [0, 0.05) is 18.0 Å². The van der Waals surface area contributed by atoms with Gasteiger partial charge < -0.3 is 14.7 Å². The number of nitrogens with zero attached hydrogens (tertiary/aromatic N) is 2. The Morgan fingerprint density at radius 1 is 0.974 bits per heavy atom. The molecule has 0 saturated heterocycles. The molecule has 0 amide bonds. The van der Waals surface area contributed by atoms with E-state index in [1.807, 2.05) is 24.3 Å². The second-order valence-corrected chi connectivity index (χ2v) is 11.2. The lowest BCUT2D eigenvalue weighted by molar-refractivity contribution is 0.00295. The molecule has 4 aromatic rings. The second-order valence-electron chi connectivity index (χ2n) is 11.2. The van der Waals surface area contributed by atoms with Gasteiger partial charge in [-0.15, -0.1) is 0 Å². The van der Waals surface area contributed by atoms with E-state index in [1.165, 1.54) is 17.5 Å². The molecule has 0 saturated carbocycles. The van der Waals surface area contributed by atoms with Crippen LogP contribution in [-0.4, -0.2) is 37.8 Å². The average molecular weight is 519 g/mol. The van der Waals surface area contributed by atoms with Gasteiger partial charge in [-0.1, -0.05) is 54.1 Å². The van der Waals surface area contributed by atoms with Gasteiger partial charge in [-0.05, 0) is 110 Å². The van der Waals surface area contributed by atoms with E-state index >= 15 is 0 Å². The number of hydrogen-bond donors (Lipinski definition) is 1. The molecule has 1 aliphatic rings. The molecule has 200 valence electrons. The number of ether oxygens (including phenoxy) is 1. The molecule has 2 atom stereocenters. The molecule has 4 nitrogen and oxygen atoms in total. The van der Waals surface area contributed by atoms with Crippen molar-refractivity contribution in [3.63, 3.8) is 0 Å². The number of fused-ring (bicyclic) bond motifs is 2. The van der Waals surface area contributed by atoms with Gasteiger partial charge in [-0.3, -0.25) is 0 Å². The van der Waals surface area contributed by atoms with E-state index in [-0.39, 0.29) is 5.92 Å². The van der Waals surface area contributed by atoms with Crippen molar-refractivity contribution in [3.8, 4) is 11.8 Å². The van der Waals surface area contributed by atoms with Gasteiger partial charge in [-0.2, -0.15) is 5.26 Å². The predicted molar refractivity (Wildman–Crippen MR) is 158 cm³/mol. The highest BCUT2D eigenvalue weighted by Crippen LogP contribution is 2.50. The Balaban J connectivity index is 1.83. The number of methoxy groups -OCH3 is 1. The lowest BCUT2D eigenvalue weighted by atomic mass is 9.68. The van der Waals surface area contributed by atoms with E-state index in [0.717, 1.165) is 64.6 Å². The minimum atomic E-state index is -1.19. The summed E-state index contributed by atoms with van der Waals surface area (Å²) in [5, 5.41) is 24.8. The first kappa shape index (κ1) is 26.9. The molecule has 4 heteroatoms. The van der Waals surface area contributed by atoms with Gasteiger partial charge in [0.05, 0.1) is 18.7 Å². The number of nitriles is 1. The molecule has 0 unspecified atom stereocenters. The Bertz CT molecular complexity index is 1530. The van der Waals surface area contributed by atoms with Crippen molar-refractivity contribution >= 4 is 10.8 Å². The van der Waals surface area contributed by atoms with Gasteiger partial charge in [-0.25, -0.2) is 0 Å². The molecular weight excluding hydrogens is 480 g/mol. The van der Waals surface area contributed by atoms with Crippen molar-refractivity contribution in [3.05, 3.63) is 112 Å². The molecule has 0 fully saturated rings. The molecule has 4 aromatic carbocycles. The molecule has 0 heterocycles. The van der Waals surface area contributed by atoms with Crippen molar-refractivity contribution in [2.75, 3.05) is 27.7 Å². The Kier molecular flexibility index (Phi) is 7.75. The van der Waals surface area contributed by atoms with Crippen LogP contribution in [0.3, 0.4) is 0 Å². The summed E-state index contributed by atoms with van der Waals surface area (Å²) in [4.78, 5) is 2.14. The van der Waals surface area contributed by atoms with Crippen LogP contribution in [-0.2, 0) is 18.4 Å². The molecule has 0 spiro atoms. The molecule has 0 aromatic heterocycles. The number of aryl methyl sites for hydroxylation is 2. The van der Waals surface area contributed by atoms with Crippen LogP contribution < -0.4 is 4.74 Å². The van der Waals surface area contributed by atoms with E-state index in [1.54, 1.807) is 7.11 Å². The van der Waals surface area contributed by atoms with Crippen LogP contribution in [0.4, 0.5) is 0 Å². The Morgan fingerprint density at radius 3 is 2.51 bits per heavy atom. The summed E-state index contributed by atoms with van der Waals surface area (Å²) in [6, 6.07) is 27.1. The first-order chi connectivity index (χ1) is 18.8. The van der Waals surface area contributed by atoms with Crippen molar-refractivity contribution in [2.45, 2.75) is 50.5 Å². The smallest absolute Gasteiger partial charge is 0.123 e. The molecule has 1 aliphatic carbocycles. The Hall–Kier alpha value is -3.65. The standard InChI is InChI=1S/C35H38N2O2/c1-24-9-7-12-28(19-24)34(31-21-29-20-25(23-36)15-16-27(29)22-33(31)39-4)35(38,17-18-37(2)3)32-14-8-11-26-10-5-6-13-30(26)32/h7-9,11-12,14-16,19-22,34,38H,5-6,10,13,17-18H2,1-4H3/t34-,35-/m1/s1. The molecule has 1 N–H and O–H groups in total. The zero-order valence-electron chi connectivity index (χ0n) is 23.5. The number of hydrogen-bond acceptors (Lipinski definition) is 4. The van der Waals surface area contributed by atoms with Crippen LogP contribution in [0.2, 0.25) is 0 Å². The highest BCUT2D eigenvalue weighted by atomic mass is 16.5. The average Bonchev–Trinajstić information content (AvgIpc) is 2.95. The summed E-state index contributed by atoms with van der Waals surface area (Å²) >= 11 is 0. The summed E-state index contributed by atoms with van der Waals surface area (Å²) in [7, 11) is 5.82. The molecular formula is C35H38N2O2. The number of benzene rings is 4. The Morgan fingerprint density at radius 2 is 1.77 bits per heavy atom. The summed E-state index contributed by atoms with van der Waals surface area (Å²) in [5.41, 5.74) is 6.25. The van der Waals surface area contributed by atoms with Crippen LogP contribution in [0.5, 0.6) is 5.75 Å². The first-order valence-electron chi connectivity index (χ1n) is 13.9. The first-order valence-corrected chi connectivity index (χ1v) is 13.9. The predicted octanol–water partition coefficient (Wildman–Crippen LogP) is 6.88. The highest BCUT2D eigenvalue weighted by Gasteiger charge is 2.43. The summed E-state index contributed by atoms with van der Waals surface area (Å²) in [5.74, 6) is 0.364. The van der Waals surface area contributed by atoms with E-state index in [2.05, 4.69) is 80.5 Å². The van der Waals surface area contributed by atoms with Gasteiger partial charge in [0.25, 0.3) is 0 Å². The fraction of sp³-hybridized carbons (Fsp3) is 0.343. The molecule has 39 heavy (non-hydrogen) atoms. The third-order valence-electron chi connectivity index (χ3n) is 8.28. The lowest BCUT2D eigenvalue weighted by Gasteiger charge is -2.41. The summed E-state index contributed by atoms with van der Waals surface area (Å²) in [6.45, 7) is 2.83. The third-order valence-corrected chi connectivity index (χ3v) is 8.28. The molecule has 0 bridgehead atoms. The SMILES string of the molecule is COc1cc2ccc(C#N)cc2cc1[C@@H](c1cccc(C)c1)[C@@](O)(CCN(C)C)c1cccc2c1CCCC2. The van der Waals surface area contributed by atoms with Crippen LogP contribution in [0.15, 0.2) is 72.8 Å². The van der Waals surface area contributed by atoms with Crippen LogP contribution in [0, 0.1) is 18.3 Å². The largest absolute Gasteiger partial charge is 0.496 e. The minimum absolute atomic E-state index is 0.379. The summed E-state index contributed by atoms with van der Waals surface area (Å²) in [6.07, 6.45) is 4.93. The maximum Gasteiger partial charge on any atom is 0.123 e. The summed E-state index contributed by atoms with van der Waals surface area (Å²) < 4.78 is 6.03. The molecule has 0 aliphatic heterocycles. The molecule has 5 rings (SSSR count). The van der Waals surface area contributed by atoms with E-state index < -0.39 is 5.60 Å². The normalized spacial score (nSPS) is 15.4. The fourth-order valence-electron chi connectivity index (χ4n) is 6.34. The van der Waals surface area contributed by atoms with Crippen molar-refractivity contribution in [2.24, 2.45) is 0 Å². The second kappa shape index (κ2) is 11.2. The van der Waals surface area contributed by atoms with Gasteiger partial charge >= 0.3 is 0 Å². The highest BCUT2D eigenvalue weighted by molar-refractivity contribution is 5.86. The Labute approximate surface area is 232 Å². The van der Waals surface area contributed by atoms with E-state index in [4.69, 9.17) is 4.74 Å². The van der Waals surface area contributed by atoms with Crippen LogP contribution >= 0.6 is 0 Å². The van der Waals surface area contributed by atoms with Crippen LogP contribution in [0.25, 0.3) is 10.8 Å². The van der Waals surface area contributed by atoms with Gasteiger partial charge in [0.1, 0.15) is 11.4 Å². The van der Waals surface area contributed by atoms with Gasteiger partial charge in [0.15, 0.2) is 0 Å².